The highest BCUT2D eigenvalue weighted by atomic mass is 79.9. The molecular formula is C22H21BrFN5O2. The first-order valence-electron chi connectivity index (χ1n) is 9.66. The van der Waals surface area contributed by atoms with Gasteiger partial charge in [-0.1, -0.05) is 0 Å². The summed E-state index contributed by atoms with van der Waals surface area (Å²) < 4.78 is 19.9. The van der Waals surface area contributed by atoms with Crippen LogP contribution in [0.2, 0.25) is 0 Å². The van der Waals surface area contributed by atoms with Gasteiger partial charge in [-0.15, -0.1) is 0 Å². The van der Waals surface area contributed by atoms with Gasteiger partial charge in [-0.05, 0) is 52.3 Å². The molecule has 1 saturated heterocycles. The van der Waals surface area contributed by atoms with Gasteiger partial charge >= 0.3 is 0 Å². The average molecular weight is 486 g/mol. The summed E-state index contributed by atoms with van der Waals surface area (Å²) in [4.78, 5) is 25.0. The fraction of sp³-hybridized carbons (Fsp3) is 0.227. The van der Waals surface area contributed by atoms with Crippen LogP contribution in [0.5, 0.6) is 5.75 Å². The lowest BCUT2D eigenvalue weighted by Gasteiger charge is -2.39. The maximum Gasteiger partial charge on any atom is 0.275 e. The minimum Gasteiger partial charge on any atom is -0.485 e. The first kappa shape index (κ1) is 21.0. The number of hydrogen-bond acceptors (Lipinski definition) is 6. The quantitative estimate of drug-likeness (QED) is 0.569. The number of nitrogens with zero attached hydrogens (tertiary/aromatic N) is 4. The highest BCUT2D eigenvalue weighted by Crippen LogP contribution is 2.29. The molecule has 0 radical (unpaired) electrons. The molecule has 2 heterocycles. The van der Waals surface area contributed by atoms with Gasteiger partial charge in [-0.2, -0.15) is 0 Å². The molecule has 160 valence electrons. The zero-order valence-corrected chi connectivity index (χ0v) is 18.6. The molecule has 1 amide bonds. The lowest BCUT2D eigenvalue weighted by atomic mass is 10.1. The number of anilines is 3. The summed E-state index contributed by atoms with van der Waals surface area (Å²) in [5.41, 5.74) is 1.97. The van der Waals surface area contributed by atoms with Gasteiger partial charge in [0.1, 0.15) is 29.2 Å². The second kappa shape index (κ2) is 8.89. The van der Waals surface area contributed by atoms with Crippen LogP contribution in [-0.4, -0.2) is 49.2 Å². The number of carbonyl (C=O) groups excluding carboxylic acids is 1. The largest absolute Gasteiger partial charge is 0.485 e. The molecule has 1 fully saturated rings. The van der Waals surface area contributed by atoms with E-state index in [1.54, 1.807) is 12.3 Å². The second-order valence-electron chi connectivity index (χ2n) is 7.37. The van der Waals surface area contributed by atoms with Crippen LogP contribution in [0, 0.1) is 5.82 Å². The monoisotopic (exact) mass is 485 g/mol. The van der Waals surface area contributed by atoms with Crippen LogP contribution >= 0.6 is 15.9 Å². The van der Waals surface area contributed by atoms with Gasteiger partial charge in [0.25, 0.3) is 5.91 Å². The van der Waals surface area contributed by atoms with Crippen molar-refractivity contribution < 1.29 is 13.9 Å². The third kappa shape index (κ3) is 4.93. The molecule has 0 bridgehead atoms. The fourth-order valence-corrected chi connectivity index (χ4v) is 3.43. The van der Waals surface area contributed by atoms with Gasteiger partial charge in [0.05, 0.1) is 30.0 Å². The fourth-order valence-electron chi connectivity index (χ4n) is 3.09. The molecule has 0 unspecified atom stereocenters. The maximum absolute atomic E-state index is 13.4. The number of hydrogen-bond donors (Lipinski definition) is 1. The zero-order chi connectivity index (χ0) is 22.0. The van der Waals surface area contributed by atoms with Crippen LogP contribution in [0.3, 0.4) is 0 Å². The second-order valence-corrected chi connectivity index (χ2v) is 8.23. The molecule has 1 N–H and O–H groups in total. The van der Waals surface area contributed by atoms with E-state index in [4.69, 9.17) is 4.74 Å². The Kier molecular flexibility index (Phi) is 6.03. The lowest BCUT2D eigenvalue weighted by molar-refractivity contribution is 0.102. The van der Waals surface area contributed by atoms with E-state index in [9.17, 15) is 9.18 Å². The Balaban J connectivity index is 1.31. The number of halogens is 2. The summed E-state index contributed by atoms with van der Waals surface area (Å²) >= 11 is 3.36. The normalized spacial score (nSPS) is 13.5. The van der Waals surface area contributed by atoms with Gasteiger partial charge in [0.15, 0.2) is 0 Å². The van der Waals surface area contributed by atoms with E-state index in [1.807, 2.05) is 48.2 Å². The van der Waals surface area contributed by atoms with E-state index in [1.165, 1.54) is 18.3 Å². The smallest absolute Gasteiger partial charge is 0.275 e. The molecule has 4 rings (SSSR count). The molecule has 1 aromatic heterocycles. The van der Waals surface area contributed by atoms with Crippen molar-refractivity contribution in [2.75, 3.05) is 42.3 Å². The molecule has 1 aliphatic rings. The van der Waals surface area contributed by atoms with Crippen molar-refractivity contribution in [3.05, 3.63) is 70.8 Å². The van der Waals surface area contributed by atoms with Crippen molar-refractivity contribution in [1.82, 2.24) is 9.97 Å². The van der Waals surface area contributed by atoms with Gasteiger partial charge in [0.2, 0.25) is 0 Å². The zero-order valence-electron chi connectivity index (χ0n) is 17.0. The Morgan fingerprint density at radius 3 is 2.55 bits per heavy atom. The standard InChI is InChI=1S/C22H21BrFN5O2/c1-28(2)16-6-4-15(5-7-16)27-22(30)19-10-26-21(11-25-19)29-12-17(13-29)31-20-9-14(24)3-8-18(20)23/h3-11,17H,12-13H2,1-2H3,(H,27,30). The van der Waals surface area contributed by atoms with E-state index >= 15 is 0 Å². The van der Waals surface area contributed by atoms with Crippen LogP contribution in [-0.2, 0) is 0 Å². The van der Waals surface area contributed by atoms with Crippen molar-refractivity contribution in [3.8, 4) is 5.75 Å². The molecule has 0 aliphatic carbocycles. The number of benzene rings is 2. The van der Waals surface area contributed by atoms with Crippen molar-refractivity contribution in [2.24, 2.45) is 0 Å². The molecule has 0 spiro atoms. The highest BCUT2D eigenvalue weighted by molar-refractivity contribution is 9.10. The number of rotatable bonds is 6. The van der Waals surface area contributed by atoms with Gasteiger partial charge in [0, 0.05) is 31.5 Å². The highest BCUT2D eigenvalue weighted by Gasteiger charge is 2.30. The van der Waals surface area contributed by atoms with E-state index in [2.05, 4.69) is 31.2 Å². The summed E-state index contributed by atoms with van der Waals surface area (Å²) in [5, 5.41) is 2.82. The number of nitrogens with one attached hydrogen (secondary N) is 1. The summed E-state index contributed by atoms with van der Waals surface area (Å²) in [6.45, 7) is 1.20. The molecule has 3 aromatic rings. The average Bonchev–Trinajstić information content (AvgIpc) is 2.73. The summed E-state index contributed by atoms with van der Waals surface area (Å²) in [6, 6.07) is 11.9. The molecular weight excluding hydrogens is 465 g/mol. The first-order valence-corrected chi connectivity index (χ1v) is 10.5. The van der Waals surface area contributed by atoms with Crippen molar-refractivity contribution in [3.63, 3.8) is 0 Å². The third-order valence-electron chi connectivity index (χ3n) is 4.87. The lowest BCUT2D eigenvalue weighted by Crippen LogP contribution is -2.54. The Bertz CT molecular complexity index is 1070. The van der Waals surface area contributed by atoms with Crippen LogP contribution < -0.4 is 19.9 Å². The van der Waals surface area contributed by atoms with E-state index in [-0.39, 0.29) is 23.5 Å². The topological polar surface area (TPSA) is 70.6 Å². The molecule has 31 heavy (non-hydrogen) atoms. The number of ether oxygens (including phenoxy) is 1. The van der Waals surface area contributed by atoms with Crippen LogP contribution in [0.25, 0.3) is 0 Å². The minimum absolute atomic E-state index is 0.0759. The molecule has 9 heteroatoms. The Morgan fingerprint density at radius 2 is 1.90 bits per heavy atom. The molecule has 7 nitrogen and oxygen atoms in total. The van der Waals surface area contributed by atoms with Crippen molar-refractivity contribution in [2.45, 2.75) is 6.10 Å². The van der Waals surface area contributed by atoms with Gasteiger partial charge in [-0.3, -0.25) is 4.79 Å². The van der Waals surface area contributed by atoms with Crippen LogP contribution in [0.4, 0.5) is 21.6 Å². The Hall–Kier alpha value is -3.20. The van der Waals surface area contributed by atoms with Gasteiger partial charge in [-0.25, -0.2) is 14.4 Å². The Morgan fingerprint density at radius 1 is 1.16 bits per heavy atom. The molecule has 0 saturated carbocycles. The van der Waals surface area contributed by atoms with Crippen LogP contribution in [0.15, 0.2) is 59.3 Å². The van der Waals surface area contributed by atoms with Crippen molar-refractivity contribution >= 4 is 39.0 Å². The number of carbonyl (C=O) groups is 1. The molecule has 0 atom stereocenters. The predicted octanol–water partition coefficient (Wildman–Crippen LogP) is 3.96. The predicted molar refractivity (Wildman–Crippen MR) is 121 cm³/mol. The van der Waals surface area contributed by atoms with E-state index in [0.29, 0.717) is 34.8 Å². The number of amides is 1. The Labute approximate surface area is 188 Å². The first-order chi connectivity index (χ1) is 14.9. The summed E-state index contributed by atoms with van der Waals surface area (Å²) in [7, 11) is 3.91. The minimum atomic E-state index is -0.345. The maximum atomic E-state index is 13.4. The summed E-state index contributed by atoms with van der Waals surface area (Å²) in [6.07, 6.45) is 2.95. The van der Waals surface area contributed by atoms with Crippen LogP contribution in [0.1, 0.15) is 10.5 Å². The number of aromatic nitrogens is 2. The third-order valence-corrected chi connectivity index (χ3v) is 5.53. The SMILES string of the molecule is CN(C)c1ccc(NC(=O)c2cnc(N3CC(Oc4cc(F)ccc4Br)C3)cn2)cc1. The van der Waals surface area contributed by atoms with E-state index < -0.39 is 0 Å². The molecule has 1 aliphatic heterocycles. The molecule has 2 aromatic carbocycles. The van der Waals surface area contributed by atoms with Crippen molar-refractivity contribution in [1.29, 1.82) is 0 Å². The van der Waals surface area contributed by atoms with Gasteiger partial charge < -0.3 is 19.9 Å². The van der Waals surface area contributed by atoms with E-state index in [0.717, 1.165) is 5.69 Å². The summed E-state index contributed by atoms with van der Waals surface area (Å²) in [5.74, 6) is 0.464.